The number of aromatic nitrogens is 3. The number of benzene rings is 1. The van der Waals surface area contributed by atoms with Crippen LogP contribution < -0.4 is 15.9 Å². The molecule has 0 unspecified atom stereocenters. The van der Waals surface area contributed by atoms with Crippen LogP contribution in [0.5, 0.6) is 0 Å². The van der Waals surface area contributed by atoms with E-state index in [-0.39, 0.29) is 17.7 Å². The van der Waals surface area contributed by atoms with Gasteiger partial charge in [0.1, 0.15) is 17.2 Å². The number of pyridine rings is 1. The van der Waals surface area contributed by atoms with Gasteiger partial charge in [-0.15, -0.1) is 11.3 Å². The van der Waals surface area contributed by atoms with E-state index in [1.165, 1.54) is 0 Å². The molecule has 1 aliphatic heterocycles. The lowest BCUT2D eigenvalue weighted by molar-refractivity contribution is 0.0285. The van der Waals surface area contributed by atoms with Crippen LogP contribution in [0.3, 0.4) is 0 Å². The largest absolute Gasteiger partial charge is 0.444 e. The van der Waals surface area contributed by atoms with Crippen LogP contribution >= 0.6 is 11.3 Å². The lowest BCUT2D eigenvalue weighted by Gasteiger charge is -2.30. The molecule has 1 atom stereocenters. The van der Waals surface area contributed by atoms with Crippen molar-refractivity contribution >= 4 is 34.2 Å². The van der Waals surface area contributed by atoms with E-state index in [0.717, 1.165) is 27.0 Å². The molecule has 10 nitrogen and oxygen atoms in total. The Labute approximate surface area is 249 Å². The Hall–Kier alpha value is -3.96. The zero-order valence-electron chi connectivity index (χ0n) is 25.0. The Kier molecular flexibility index (Phi) is 8.51. The van der Waals surface area contributed by atoms with E-state index in [9.17, 15) is 9.59 Å². The van der Waals surface area contributed by atoms with Gasteiger partial charge in [-0.25, -0.2) is 19.4 Å². The summed E-state index contributed by atoms with van der Waals surface area (Å²) in [6.45, 7) is 12.4. The van der Waals surface area contributed by atoms with E-state index in [2.05, 4.69) is 34.7 Å². The maximum Gasteiger partial charge on any atom is 0.410 e. The standard InChI is InChI=1S/C31H38N6O4S/c1-20(32-29-25-18-37(36-11-13-40-14-12-36)28(38)16-26(25)33-21(2)34-29)27-15-23(19-42-27)24-10-8-7-9-22(24)17-35(6)30(39)41-31(3,4)5/h7-10,15-16,18-20H,11-14,17H2,1-6H3,(H,32,33,34)/t20-/m1/s1. The number of ether oxygens (including phenoxy) is 2. The van der Waals surface area contributed by atoms with Gasteiger partial charge in [0.15, 0.2) is 0 Å². The molecule has 0 bridgehead atoms. The van der Waals surface area contributed by atoms with Crippen molar-refractivity contribution in [2.24, 2.45) is 0 Å². The maximum absolute atomic E-state index is 12.9. The van der Waals surface area contributed by atoms with Gasteiger partial charge in [-0.1, -0.05) is 24.3 Å². The topological polar surface area (TPSA) is 102 Å². The third kappa shape index (κ3) is 6.74. The third-order valence-corrected chi connectivity index (χ3v) is 8.07. The highest BCUT2D eigenvalue weighted by molar-refractivity contribution is 7.10. The molecular weight excluding hydrogens is 552 g/mol. The van der Waals surface area contributed by atoms with Crippen molar-refractivity contribution in [1.29, 1.82) is 0 Å². The molecule has 4 aromatic rings. The number of morpholine rings is 1. The number of hydrogen-bond donors (Lipinski definition) is 1. The summed E-state index contributed by atoms with van der Waals surface area (Å²) in [5.41, 5.74) is 3.13. The van der Waals surface area contributed by atoms with Gasteiger partial charge < -0.3 is 24.7 Å². The third-order valence-electron chi connectivity index (χ3n) is 6.96. The lowest BCUT2D eigenvalue weighted by Crippen LogP contribution is -2.48. The molecule has 0 aliphatic carbocycles. The molecule has 5 rings (SSSR count). The number of carbonyl (C=O) groups excluding carboxylic acids is 1. The lowest BCUT2D eigenvalue weighted by atomic mass is 10.0. The van der Waals surface area contributed by atoms with Gasteiger partial charge in [0.05, 0.1) is 43.2 Å². The number of aryl methyl sites for hydroxylation is 1. The molecule has 1 saturated heterocycles. The Balaban J connectivity index is 1.38. The highest BCUT2D eigenvalue weighted by Crippen LogP contribution is 2.34. The molecule has 42 heavy (non-hydrogen) atoms. The summed E-state index contributed by atoms with van der Waals surface area (Å²) < 4.78 is 12.6. The fourth-order valence-corrected chi connectivity index (χ4v) is 5.82. The average Bonchev–Trinajstić information content (AvgIpc) is 3.43. The molecule has 0 spiro atoms. The number of rotatable bonds is 7. The minimum absolute atomic E-state index is 0.0541. The molecule has 1 amide bonds. The minimum atomic E-state index is -0.552. The number of nitrogens with zero attached hydrogens (tertiary/aromatic N) is 5. The summed E-state index contributed by atoms with van der Waals surface area (Å²) in [6.07, 6.45) is 1.47. The van der Waals surface area contributed by atoms with Gasteiger partial charge >= 0.3 is 6.09 Å². The highest BCUT2D eigenvalue weighted by atomic mass is 32.1. The molecule has 4 heterocycles. The molecule has 1 aromatic carbocycles. The summed E-state index contributed by atoms with van der Waals surface area (Å²) in [6, 6.07) is 11.8. The van der Waals surface area contributed by atoms with E-state index in [1.807, 2.05) is 57.1 Å². The quantitative estimate of drug-likeness (QED) is 0.308. The van der Waals surface area contributed by atoms with E-state index in [4.69, 9.17) is 14.5 Å². The van der Waals surface area contributed by atoms with Crippen LogP contribution in [-0.4, -0.2) is 64.6 Å². The van der Waals surface area contributed by atoms with Crippen LogP contribution in [0.4, 0.5) is 10.6 Å². The fraction of sp³-hybridized carbons (Fsp3) is 0.419. The van der Waals surface area contributed by atoms with Crippen LogP contribution in [0.2, 0.25) is 0 Å². The van der Waals surface area contributed by atoms with Crippen LogP contribution in [0.25, 0.3) is 22.0 Å². The van der Waals surface area contributed by atoms with Crippen molar-refractivity contribution in [3.63, 3.8) is 0 Å². The minimum Gasteiger partial charge on any atom is -0.444 e. The zero-order chi connectivity index (χ0) is 30.0. The van der Waals surface area contributed by atoms with E-state index < -0.39 is 5.60 Å². The summed E-state index contributed by atoms with van der Waals surface area (Å²) in [5.74, 6) is 1.27. The smallest absolute Gasteiger partial charge is 0.410 e. The Morgan fingerprint density at radius 3 is 2.67 bits per heavy atom. The van der Waals surface area contributed by atoms with Crippen LogP contribution in [0.15, 0.2) is 52.8 Å². The first-order valence-electron chi connectivity index (χ1n) is 14.1. The van der Waals surface area contributed by atoms with Crippen molar-refractivity contribution in [3.8, 4) is 11.1 Å². The molecule has 1 aliphatic rings. The first-order valence-corrected chi connectivity index (χ1v) is 15.0. The number of amides is 1. The van der Waals surface area contributed by atoms with Crippen molar-refractivity contribution in [3.05, 3.63) is 74.6 Å². The molecule has 0 radical (unpaired) electrons. The predicted octanol–water partition coefficient (Wildman–Crippen LogP) is 5.34. The van der Waals surface area contributed by atoms with Gasteiger partial charge in [0, 0.05) is 30.7 Å². The number of hydrogen-bond acceptors (Lipinski definition) is 9. The van der Waals surface area contributed by atoms with Gasteiger partial charge in [-0.05, 0) is 62.8 Å². The molecule has 222 valence electrons. The number of thiophene rings is 1. The number of nitrogens with one attached hydrogen (secondary N) is 1. The second-order valence-corrected chi connectivity index (χ2v) is 12.5. The molecule has 1 fully saturated rings. The van der Waals surface area contributed by atoms with Crippen molar-refractivity contribution in [2.75, 3.05) is 43.7 Å². The summed E-state index contributed by atoms with van der Waals surface area (Å²) in [5, 5.41) is 8.48. The van der Waals surface area contributed by atoms with Crippen molar-refractivity contribution < 1.29 is 14.3 Å². The highest BCUT2D eigenvalue weighted by Gasteiger charge is 2.21. The van der Waals surface area contributed by atoms with Gasteiger partial charge in [0.2, 0.25) is 0 Å². The molecule has 3 aromatic heterocycles. The van der Waals surface area contributed by atoms with E-state index in [1.54, 1.807) is 34.0 Å². The van der Waals surface area contributed by atoms with Crippen LogP contribution in [-0.2, 0) is 16.0 Å². The predicted molar refractivity (Wildman–Crippen MR) is 167 cm³/mol. The summed E-state index contributed by atoms with van der Waals surface area (Å²) >= 11 is 1.66. The molecule has 11 heteroatoms. The number of fused-ring (bicyclic) bond motifs is 1. The maximum atomic E-state index is 12.9. The Bertz CT molecular complexity index is 1640. The fourth-order valence-electron chi connectivity index (χ4n) is 4.91. The monoisotopic (exact) mass is 590 g/mol. The molecular formula is C31H38N6O4S. The SMILES string of the molecule is Cc1nc(N[C@H](C)c2cc(-c3ccccc3CN(C)C(=O)OC(C)(C)C)cs2)c2cn(N3CCOCC3)c(=O)cc2n1. The zero-order valence-corrected chi connectivity index (χ0v) is 25.8. The van der Waals surface area contributed by atoms with Gasteiger partial charge in [-0.3, -0.25) is 4.79 Å². The number of carbonyl (C=O) groups is 1. The molecule has 0 saturated carbocycles. The first kappa shape index (κ1) is 29.5. The van der Waals surface area contributed by atoms with Crippen LogP contribution in [0, 0.1) is 6.92 Å². The van der Waals surface area contributed by atoms with Crippen LogP contribution in [0.1, 0.15) is 50.0 Å². The van der Waals surface area contributed by atoms with Gasteiger partial charge in [0.25, 0.3) is 5.56 Å². The van der Waals surface area contributed by atoms with E-state index >= 15 is 0 Å². The summed E-state index contributed by atoms with van der Waals surface area (Å²) in [7, 11) is 1.75. The van der Waals surface area contributed by atoms with Gasteiger partial charge in [-0.2, -0.15) is 0 Å². The van der Waals surface area contributed by atoms with Crippen molar-refractivity contribution in [2.45, 2.75) is 52.8 Å². The molecule has 1 N–H and O–H groups in total. The second kappa shape index (κ2) is 12.1. The second-order valence-electron chi connectivity index (χ2n) is 11.5. The first-order chi connectivity index (χ1) is 20.0. The summed E-state index contributed by atoms with van der Waals surface area (Å²) in [4.78, 5) is 37.5. The van der Waals surface area contributed by atoms with E-state index in [0.29, 0.717) is 50.0 Å². The average molecular weight is 591 g/mol. The Morgan fingerprint density at radius 2 is 1.93 bits per heavy atom. The number of anilines is 1. The van der Waals surface area contributed by atoms with Crippen molar-refractivity contribution in [1.82, 2.24) is 19.5 Å². The Morgan fingerprint density at radius 1 is 1.19 bits per heavy atom. The normalized spacial score (nSPS) is 14.6.